The van der Waals surface area contributed by atoms with Crippen molar-refractivity contribution in [3.05, 3.63) is 105 Å². The molecule has 0 radical (unpaired) electrons. The van der Waals surface area contributed by atoms with Gasteiger partial charge in [-0.05, 0) is 117 Å². The smallest absolute Gasteiger partial charge is 0.264 e. The molecule has 0 bridgehead atoms. The minimum Gasteiger partial charge on any atom is -0.313 e. The van der Waals surface area contributed by atoms with Gasteiger partial charge in [0, 0.05) is 49.5 Å². The van der Waals surface area contributed by atoms with E-state index in [0.29, 0.717) is 0 Å². The number of nitrogens with zero attached hydrogens (tertiary/aromatic N) is 3. The zero-order valence-corrected chi connectivity index (χ0v) is 53.9. The monoisotopic (exact) mass is 1030 g/mol. The molecule has 7 aromatic rings. The average Bonchev–Trinajstić information content (AvgIpc) is 3.61. The summed E-state index contributed by atoms with van der Waals surface area (Å²) < 4.78 is 1.49. The molecule has 3 nitrogen and oxygen atoms in total. The predicted molar refractivity (Wildman–Crippen MR) is 400 cm³/mol. The minimum absolute atomic E-state index is 0.0102. The molecular formula is C58H76B17N3S. The van der Waals surface area contributed by atoms with Gasteiger partial charge >= 0.3 is 0 Å². The van der Waals surface area contributed by atoms with Crippen LogP contribution in [0.4, 0.5) is 51.2 Å². The van der Waals surface area contributed by atoms with Gasteiger partial charge in [0.2, 0.25) is 0 Å². The van der Waals surface area contributed by atoms with Crippen LogP contribution >= 0.6 is 11.3 Å². The number of anilines is 9. The van der Waals surface area contributed by atoms with Crippen LogP contribution in [0, 0.1) is 0 Å². The Morgan fingerprint density at radius 3 is 1.42 bits per heavy atom. The number of benzene rings is 6. The number of thiophene rings is 1. The fourth-order valence-electron chi connectivity index (χ4n) is 14.7. The zero-order chi connectivity index (χ0) is 57.5. The van der Waals surface area contributed by atoms with Crippen molar-refractivity contribution in [3.63, 3.8) is 0 Å². The van der Waals surface area contributed by atoms with Crippen LogP contribution in [0.1, 0.15) is 114 Å². The van der Waals surface area contributed by atoms with Gasteiger partial charge in [-0.2, -0.15) is 11.3 Å². The van der Waals surface area contributed by atoms with Crippen LogP contribution in [0.3, 0.4) is 0 Å². The number of hydrogen-bond acceptors (Lipinski definition) is 4. The molecule has 4 aliphatic rings. The van der Waals surface area contributed by atoms with Gasteiger partial charge in [-0.15, -0.1) is 10.9 Å². The highest BCUT2D eigenvalue weighted by Crippen LogP contribution is 2.58. The molecule has 0 saturated carbocycles. The van der Waals surface area contributed by atoms with Gasteiger partial charge in [0.1, 0.15) is 78.5 Å². The van der Waals surface area contributed by atoms with E-state index in [4.69, 9.17) is 0 Å². The van der Waals surface area contributed by atoms with Crippen LogP contribution in [-0.2, 0) is 31.9 Å². The lowest BCUT2D eigenvalue weighted by atomic mass is 9.34. The van der Waals surface area contributed by atoms with E-state index in [9.17, 15) is 0 Å². The topological polar surface area (TPSA) is 9.72 Å². The van der Waals surface area contributed by atoms with Crippen molar-refractivity contribution in [3.8, 4) is 0 Å². The first-order chi connectivity index (χ1) is 36.6. The highest BCUT2D eigenvalue weighted by atomic mass is 32.1. The lowest BCUT2D eigenvalue weighted by Gasteiger charge is -2.47. The third-order valence-corrected chi connectivity index (χ3v) is 22.7. The van der Waals surface area contributed by atoms with Crippen molar-refractivity contribution >= 4 is 265 Å². The summed E-state index contributed by atoms with van der Waals surface area (Å²) in [6.45, 7) is 20.1. The van der Waals surface area contributed by atoms with Gasteiger partial charge in [0.25, 0.3) is 6.71 Å². The van der Waals surface area contributed by atoms with E-state index in [1.807, 2.05) is 0 Å². The predicted octanol–water partition coefficient (Wildman–Crippen LogP) is -9.40. The van der Waals surface area contributed by atoms with E-state index in [0.717, 1.165) is 12.8 Å². The van der Waals surface area contributed by atoms with E-state index < -0.39 is 0 Å². The largest absolute Gasteiger partial charge is 0.313 e. The summed E-state index contributed by atoms with van der Waals surface area (Å²) in [4.78, 5) is 9.81. The number of fused-ring (bicyclic) bond motifs is 7. The second-order valence-corrected chi connectivity index (χ2v) is 30.9. The van der Waals surface area contributed by atoms with Crippen LogP contribution in [0.15, 0.2) is 72.8 Å². The second-order valence-electron chi connectivity index (χ2n) is 29.9. The van der Waals surface area contributed by atoms with Crippen LogP contribution < -0.4 is 85.0 Å². The molecule has 2 aliphatic carbocycles. The Morgan fingerprint density at radius 1 is 0.456 bits per heavy atom. The van der Waals surface area contributed by atoms with Gasteiger partial charge in [-0.25, -0.2) is 0 Å². The Labute approximate surface area is 494 Å². The second kappa shape index (κ2) is 18.5. The lowest BCUT2D eigenvalue weighted by molar-refractivity contribution is 0.332. The molecule has 380 valence electrons. The Kier molecular flexibility index (Phi) is 13.2. The molecule has 0 fully saturated rings. The summed E-state index contributed by atoms with van der Waals surface area (Å²) in [5.41, 5.74) is 35.2. The summed E-state index contributed by atoms with van der Waals surface area (Å²) in [6.07, 6.45) is 4.66. The SMILES string of the molecule is Bc1c(B)c(B)c(N(c2cc3c4c(c2)N(c2ccc5c(c2)C(C)(C)CCC5(C)C)c2c(sc5c2C(C)(C)CCC5(C)C)B4c2cc(C(B)(B)B)ccc2N3c2ccc(C(B)(B)B)cc2)c2c(B)c(B)c(B)c(B)c2B)c(B)c1B. The van der Waals surface area contributed by atoms with Crippen LogP contribution in [0.5, 0.6) is 0 Å². The average molecular weight is 1030 g/mol. The maximum absolute atomic E-state index is 2.83. The molecule has 0 spiro atoms. The van der Waals surface area contributed by atoms with Gasteiger partial charge in [0.05, 0.1) is 58.5 Å². The molecule has 0 amide bonds. The van der Waals surface area contributed by atoms with E-state index in [2.05, 4.69) is 280 Å². The molecule has 0 N–H and O–H groups in total. The highest BCUT2D eigenvalue weighted by molar-refractivity contribution is 7.29. The quantitative estimate of drug-likeness (QED) is 0.147. The summed E-state index contributed by atoms with van der Waals surface area (Å²) in [5.74, 6) is 0. The summed E-state index contributed by atoms with van der Waals surface area (Å²) in [6, 6.07) is 30.2. The van der Waals surface area contributed by atoms with Gasteiger partial charge in [-0.1, -0.05) is 151 Å². The van der Waals surface area contributed by atoms with Crippen LogP contribution in [0.25, 0.3) is 0 Å². The third-order valence-electron chi connectivity index (χ3n) is 21.1. The van der Waals surface area contributed by atoms with E-state index in [-0.39, 0.29) is 38.6 Å². The molecule has 3 heterocycles. The van der Waals surface area contributed by atoms with Crippen molar-refractivity contribution in [1.82, 2.24) is 0 Å². The van der Waals surface area contributed by atoms with Crippen molar-refractivity contribution < 1.29 is 0 Å². The minimum atomic E-state index is -0.0480. The molecule has 79 heavy (non-hydrogen) atoms. The zero-order valence-electron chi connectivity index (χ0n) is 53.1. The molecule has 0 atom stereocenters. The standard InChI is InChI=1S/C58H76B17N3S/c1-53(2)17-18-54(3,4)31-22-28(14-15-30(31)53)77-35-24-29(78(49-43(65)39(61)37(59)40(62)44(49)66)50-45(67)41(63)38(60)42(64)46(50)68)23-34-47(35)75(52-48(77)36-51(79-52)56(7,8)20-19-55(36,5)6)32-21-26(58(72,73)74)11-16-33(32)76(34)27-12-9-25(10-13-27)57(69,70)71/h9-16,21-24H,17-20,59-74H2,1-8H3. The fraction of sp³-hybridized carbons (Fsp3) is 0.310. The maximum atomic E-state index is 2.83. The first kappa shape index (κ1) is 56.4. The van der Waals surface area contributed by atoms with Crippen molar-refractivity contribution in [2.75, 3.05) is 14.7 Å². The summed E-state index contributed by atoms with van der Waals surface area (Å²) >= 11 is 2.14. The Bertz CT molecular complexity index is 3630. The Hall–Kier alpha value is -4.48. The molecule has 1 aromatic heterocycles. The van der Waals surface area contributed by atoms with E-state index in [1.54, 1.807) is 10.4 Å². The van der Waals surface area contributed by atoms with E-state index in [1.165, 1.54) is 157 Å². The van der Waals surface area contributed by atoms with Crippen LogP contribution in [-0.4, -0.2) is 132 Å². The van der Waals surface area contributed by atoms with Crippen molar-refractivity contribution in [1.29, 1.82) is 0 Å². The number of rotatable bonds is 7. The Balaban J connectivity index is 1.37. The first-order valence-electron chi connectivity index (χ1n) is 29.9. The number of hydrogen-bond donors (Lipinski definition) is 0. The first-order valence-corrected chi connectivity index (χ1v) is 30.7. The molecule has 6 aromatic carbocycles. The highest BCUT2D eigenvalue weighted by Gasteiger charge is 2.52. The normalized spacial score (nSPS) is 17.3. The third kappa shape index (κ3) is 8.57. The van der Waals surface area contributed by atoms with Gasteiger partial charge in [0.15, 0.2) is 0 Å². The van der Waals surface area contributed by atoms with Crippen molar-refractivity contribution in [2.45, 2.75) is 113 Å². The maximum Gasteiger partial charge on any atom is 0.264 e. The molecule has 0 unspecified atom stereocenters. The molecule has 11 rings (SSSR count). The molecule has 2 aliphatic heterocycles. The van der Waals surface area contributed by atoms with Gasteiger partial charge in [-0.3, -0.25) is 0 Å². The van der Waals surface area contributed by atoms with Gasteiger partial charge < -0.3 is 14.7 Å². The fourth-order valence-corrected chi connectivity index (χ4v) is 16.5. The summed E-state index contributed by atoms with van der Waals surface area (Å²) in [5, 5.41) is -0.0340. The molecule has 21 heteroatoms. The van der Waals surface area contributed by atoms with Crippen LogP contribution in [0.2, 0.25) is 0 Å². The van der Waals surface area contributed by atoms with Crippen molar-refractivity contribution in [2.24, 2.45) is 0 Å². The summed E-state index contributed by atoms with van der Waals surface area (Å²) in [7, 11) is 37.8. The Morgan fingerprint density at radius 2 is 0.899 bits per heavy atom. The van der Waals surface area contributed by atoms with E-state index >= 15 is 0 Å². The molecular weight excluding hydrogens is 955 g/mol. The lowest BCUT2D eigenvalue weighted by Crippen LogP contribution is -2.61. The molecule has 0 saturated heterocycles.